The molecule has 0 saturated carbocycles. The molecule has 1 atom stereocenters. The number of amides is 1. The highest BCUT2D eigenvalue weighted by atomic mass is 32.1. The molecule has 0 bridgehead atoms. The summed E-state index contributed by atoms with van der Waals surface area (Å²) in [5.74, 6) is 0.0969. The number of thiophene rings is 1. The molecule has 6 heteroatoms. The highest BCUT2D eigenvalue weighted by Gasteiger charge is 2.29. The van der Waals surface area contributed by atoms with E-state index >= 15 is 0 Å². The first kappa shape index (κ1) is 16.1. The van der Waals surface area contributed by atoms with Gasteiger partial charge in [-0.25, -0.2) is 4.68 Å². The number of carbonyl (C=O) groups is 1. The summed E-state index contributed by atoms with van der Waals surface area (Å²) in [4.78, 5) is 15.4. The van der Waals surface area contributed by atoms with Crippen LogP contribution >= 0.6 is 11.3 Å². The smallest absolute Gasteiger partial charge is 0.264 e. The third-order valence-electron chi connectivity index (χ3n) is 4.66. The summed E-state index contributed by atoms with van der Waals surface area (Å²) in [7, 11) is 0. The SMILES string of the molecule is NC[C@H]1CCCN1C(=O)c1cc(-c2cnn(-c3ccccc3)c2)cs1. The Labute approximate surface area is 150 Å². The van der Waals surface area contributed by atoms with Gasteiger partial charge in [0.2, 0.25) is 0 Å². The van der Waals surface area contributed by atoms with Crippen LogP contribution in [-0.2, 0) is 0 Å². The van der Waals surface area contributed by atoms with E-state index in [1.54, 1.807) is 0 Å². The average molecular weight is 352 g/mol. The predicted molar refractivity (Wildman–Crippen MR) is 100.0 cm³/mol. The van der Waals surface area contributed by atoms with Crippen LogP contribution in [0.3, 0.4) is 0 Å². The van der Waals surface area contributed by atoms with Crippen molar-refractivity contribution in [2.75, 3.05) is 13.1 Å². The highest BCUT2D eigenvalue weighted by Crippen LogP contribution is 2.28. The van der Waals surface area contributed by atoms with Gasteiger partial charge in [0.1, 0.15) is 0 Å². The molecule has 0 spiro atoms. The maximum atomic E-state index is 12.7. The summed E-state index contributed by atoms with van der Waals surface area (Å²) < 4.78 is 1.85. The van der Waals surface area contributed by atoms with Crippen LogP contribution in [0.4, 0.5) is 0 Å². The van der Waals surface area contributed by atoms with E-state index in [-0.39, 0.29) is 11.9 Å². The van der Waals surface area contributed by atoms with Crippen molar-refractivity contribution in [3.05, 3.63) is 59.0 Å². The molecule has 0 aliphatic carbocycles. The number of hydrogen-bond donors (Lipinski definition) is 1. The average Bonchev–Trinajstić information content (AvgIpc) is 3.41. The van der Waals surface area contributed by atoms with Crippen LogP contribution in [0.1, 0.15) is 22.5 Å². The van der Waals surface area contributed by atoms with E-state index in [0.29, 0.717) is 6.54 Å². The van der Waals surface area contributed by atoms with Crippen molar-refractivity contribution >= 4 is 17.2 Å². The summed E-state index contributed by atoms with van der Waals surface area (Å²) in [6, 6.07) is 12.1. The van der Waals surface area contributed by atoms with Crippen LogP contribution < -0.4 is 5.73 Å². The van der Waals surface area contributed by atoms with Crippen LogP contribution in [0, 0.1) is 0 Å². The molecule has 3 heterocycles. The van der Waals surface area contributed by atoms with E-state index in [0.717, 1.165) is 41.1 Å². The summed E-state index contributed by atoms with van der Waals surface area (Å²) in [6.45, 7) is 1.34. The first-order valence-corrected chi connectivity index (χ1v) is 9.34. The molecule has 1 fully saturated rings. The zero-order valence-electron chi connectivity index (χ0n) is 13.8. The number of rotatable bonds is 4. The monoisotopic (exact) mass is 352 g/mol. The van der Waals surface area contributed by atoms with Gasteiger partial charge in [0.15, 0.2) is 0 Å². The van der Waals surface area contributed by atoms with Crippen molar-refractivity contribution in [2.45, 2.75) is 18.9 Å². The zero-order chi connectivity index (χ0) is 17.2. The molecule has 1 aliphatic heterocycles. The van der Waals surface area contributed by atoms with Crippen LogP contribution in [-0.4, -0.2) is 39.7 Å². The lowest BCUT2D eigenvalue weighted by Gasteiger charge is -2.22. The topological polar surface area (TPSA) is 64.2 Å². The number of likely N-dealkylation sites (tertiary alicyclic amines) is 1. The van der Waals surface area contributed by atoms with Gasteiger partial charge in [0.25, 0.3) is 5.91 Å². The fourth-order valence-electron chi connectivity index (χ4n) is 3.28. The molecule has 128 valence electrons. The molecule has 1 amide bonds. The molecule has 5 nitrogen and oxygen atoms in total. The number of hydrogen-bond acceptors (Lipinski definition) is 4. The first-order chi connectivity index (χ1) is 12.3. The minimum absolute atomic E-state index is 0.0969. The summed E-state index contributed by atoms with van der Waals surface area (Å²) in [5, 5.41) is 6.45. The molecule has 0 radical (unpaired) electrons. The standard InChI is InChI=1S/C19H20N4OS/c20-10-17-7-4-8-22(17)19(24)18-9-14(13-25-18)15-11-21-23(12-15)16-5-2-1-3-6-16/h1-3,5-6,9,11-13,17H,4,7-8,10,20H2/t17-/m1/s1. The van der Waals surface area contributed by atoms with E-state index in [9.17, 15) is 4.79 Å². The second kappa shape index (κ2) is 6.82. The van der Waals surface area contributed by atoms with Crippen molar-refractivity contribution in [1.29, 1.82) is 0 Å². The number of para-hydroxylation sites is 1. The van der Waals surface area contributed by atoms with Gasteiger partial charge >= 0.3 is 0 Å². The molecule has 1 saturated heterocycles. The molecule has 1 aliphatic rings. The van der Waals surface area contributed by atoms with E-state index in [1.807, 2.05) is 63.8 Å². The van der Waals surface area contributed by atoms with Gasteiger partial charge in [0.05, 0.1) is 16.8 Å². The van der Waals surface area contributed by atoms with E-state index in [1.165, 1.54) is 11.3 Å². The van der Waals surface area contributed by atoms with Gasteiger partial charge in [-0.1, -0.05) is 18.2 Å². The minimum Gasteiger partial charge on any atom is -0.334 e. The molecule has 4 rings (SSSR count). The second-order valence-electron chi connectivity index (χ2n) is 6.24. The summed E-state index contributed by atoms with van der Waals surface area (Å²) in [6.07, 6.45) is 5.87. The van der Waals surface area contributed by atoms with Crippen LogP contribution in [0.25, 0.3) is 16.8 Å². The molecular weight excluding hydrogens is 332 g/mol. The van der Waals surface area contributed by atoms with Gasteiger partial charge in [-0.2, -0.15) is 5.10 Å². The normalized spacial score (nSPS) is 17.2. The first-order valence-electron chi connectivity index (χ1n) is 8.46. The van der Waals surface area contributed by atoms with Gasteiger partial charge in [0, 0.05) is 30.9 Å². The van der Waals surface area contributed by atoms with Crippen LogP contribution in [0.15, 0.2) is 54.2 Å². The minimum atomic E-state index is 0.0969. The fourth-order valence-corrected chi connectivity index (χ4v) is 4.15. The summed E-state index contributed by atoms with van der Waals surface area (Å²) in [5.41, 5.74) is 8.85. The number of nitrogens with two attached hydrogens (primary N) is 1. The molecule has 25 heavy (non-hydrogen) atoms. The van der Waals surface area contributed by atoms with Crippen molar-refractivity contribution in [1.82, 2.24) is 14.7 Å². The molecule has 1 aromatic carbocycles. The van der Waals surface area contributed by atoms with Crippen LogP contribution in [0.5, 0.6) is 0 Å². The Hall–Kier alpha value is -2.44. The number of aromatic nitrogens is 2. The van der Waals surface area contributed by atoms with Crippen molar-refractivity contribution in [3.8, 4) is 16.8 Å². The van der Waals surface area contributed by atoms with Crippen LogP contribution in [0.2, 0.25) is 0 Å². The third kappa shape index (κ3) is 3.10. The number of benzene rings is 1. The fraction of sp³-hybridized carbons (Fsp3) is 0.263. The Kier molecular flexibility index (Phi) is 4.38. The second-order valence-corrected chi connectivity index (χ2v) is 7.15. The Bertz CT molecular complexity index is 870. The molecular formula is C19H20N4OS. The van der Waals surface area contributed by atoms with Gasteiger partial charge in [-0.05, 0) is 42.0 Å². The molecule has 0 unspecified atom stereocenters. The largest absolute Gasteiger partial charge is 0.334 e. The lowest BCUT2D eigenvalue weighted by Crippen LogP contribution is -2.39. The summed E-state index contributed by atoms with van der Waals surface area (Å²) >= 11 is 1.49. The van der Waals surface area contributed by atoms with Gasteiger partial charge < -0.3 is 10.6 Å². The van der Waals surface area contributed by atoms with Gasteiger partial charge in [-0.3, -0.25) is 4.79 Å². The Morgan fingerprint density at radius 1 is 1.28 bits per heavy atom. The van der Waals surface area contributed by atoms with E-state index < -0.39 is 0 Å². The third-order valence-corrected chi connectivity index (χ3v) is 5.58. The maximum Gasteiger partial charge on any atom is 0.264 e. The predicted octanol–water partition coefficient (Wildman–Crippen LogP) is 3.16. The van der Waals surface area contributed by atoms with E-state index in [4.69, 9.17) is 5.73 Å². The molecule has 2 aromatic heterocycles. The van der Waals surface area contributed by atoms with E-state index in [2.05, 4.69) is 5.10 Å². The zero-order valence-corrected chi connectivity index (χ0v) is 14.7. The maximum absolute atomic E-state index is 12.7. The lowest BCUT2D eigenvalue weighted by molar-refractivity contribution is 0.0746. The molecule has 3 aromatic rings. The highest BCUT2D eigenvalue weighted by molar-refractivity contribution is 7.12. The van der Waals surface area contributed by atoms with Gasteiger partial charge in [-0.15, -0.1) is 11.3 Å². The van der Waals surface area contributed by atoms with Crippen molar-refractivity contribution < 1.29 is 4.79 Å². The Morgan fingerprint density at radius 2 is 2.12 bits per heavy atom. The quantitative estimate of drug-likeness (QED) is 0.784. The van der Waals surface area contributed by atoms with Crippen molar-refractivity contribution in [2.24, 2.45) is 5.73 Å². The Morgan fingerprint density at radius 3 is 2.92 bits per heavy atom. The lowest BCUT2D eigenvalue weighted by atomic mass is 10.2. The Balaban J connectivity index is 1.56. The number of carbonyl (C=O) groups excluding carboxylic acids is 1. The van der Waals surface area contributed by atoms with Crippen molar-refractivity contribution in [3.63, 3.8) is 0 Å². The number of nitrogens with zero attached hydrogens (tertiary/aromatic N) is 3. The molecule has 2 N–H and O–H groups in total.